The van der Waals surface area contributed by atoms with E-state index in [0.717, 1.165) is 4.57 Å². The van der Waals surface area contributed by atoms with Crippen LogP contribution in [0.15, 0.2) is 63.1 Å². The molecule has 2 heterocycles. The number of rotatable bonds is 4. The highest BCUT2D eigenvalue weighted by atomic mass is 16.7. The SMILES string of the molecule is CCC(=Nc1ccc2c(c1)OCO2)c1c(O)n(-c2ccccc2)c(=O)[nH]c1=O. The van der Waals surface area contributed by atoms with Gasteiger partial charge in [0.05, 0.1) is 17.1 Å². The van der Waals surface area contributed by atoms with Crippen molar-refractivity contribution < 1.29 is 14.6 Å². The van der Waals surface area contributed by atoms with Gasteiger partial charge in [0.1, 0.15) is 5.56 Å². The Morgan fingerprint density at radius 3 is 2.64 bits per heavy atom. The second-order valence-electron chi connectivity index (χ2n) is 6.08. The minimum absolute atomic E-state index is 0.0522. The van der Waals surface area contributed by atoms with Gasteiger partial charge in [-0.15, -0.1) is 0 Å². The maximum atomic E-state index is 12.5. The predicted molar refractivity (Wildman–Crippen MR) is 103 cm³/mol. The molecule has 1 aliphatic rings. The normalized spacial score (nSPS) is 13.0. The lowest BCUT2D eigenvalue weighted by Crippen LogP contribution is -2.33. The summed E-state index contributed by atoms with van der Waals surface area (Å²) >= 11 is 0. The second-order valence-corrected chi connectivity index (χ2v) is 6.08. The van der Waals surface area contributed by atoms with Crippen LogP contribution in [0.3, 0.4) is 0 Å². The van der Waals surface area contributed by atoms with E-state index in [9.17, 15) is 14.7 Å². The first-order valence-corrected chi connectivity index (χ1v) is 8.69. The van der Waals surface area contributed by atoms with Crippen LogP contribution in [0.4, 0.5) is 5.69 Å². The maximum absolute atomic E-state index is 12.5. The Kier molecular flexibility index (Phi) is 4.44. The first-order valence-electron chi connectivity index (χ1n) is 8.69. The van der Waals surface area contributed by atoms with Crippen LogP contribution in [0.25, 0.3) is 5.69 Å². The maximum Gasteiger partial charge on any atom is 0.335 e. The van der Waals surface area contributed by atoms with Crippen LogP contribution >= 0.6 is 0 Å². The van der Waals surface area contributed by atoms with Crippen LogP contribution < -0.4 is 20.7 Å². The zero-order valence-corrected chi connectivity index (χ0v) is 15.0. The molecule has 0 fully saturated rings. The summed E-state index contributed by atoms with van der Waals surface area (Å²) in [6.07, 6.45) is 0.359. The number of fused-ring (bicyclic) bond motifs is 1. The first kappa shape index (κ1) is 17.6. The van der Waals surface area contributed by atoms with Gasteiger partial charge in [-0.1, -0.05) is 25.1 Å². The molecule has 2 aromatic carbocycles. The molecule has 8 heteroatoms. The van der Waals surface area contributed by atoms with E-state index in [1.807, 2.05) is 6.92 Å². The van der Waals surface area contributed by atoms with E-state index in [2.05, 4.69) is 9.98 Å². The lowest BCUT2D eigenvalue weighted by molar-refractivity contribution is 0.174. The van der Waals surface area contributed by atoms with E-state index in [-0.39, 0.29) is 12.4 Å². The quantitative estimate of drug-likeness (QED) is 0.678. The number of ether oxygens (including phenoxy) is 2. The lowest BCUT2D eigenvalue weighted by Gasteiger charge is -2.12. The molecule has 0 radical (unpaired) electrons. The summed E-state index contributed by atoms with van der Waals surface area (Å²) in [6, 6.07) is 13.7. The number of aromatic hydroxyl groups is 1. The topological polar surface area (TPSA) is 106 Å². The van der Waals surface area contributed by atoms with Gasteiger partial charge in [-0.2, -0.15) is 0 Å². The number of benzene rings is 2. The third-order valence-electron chi connectivity index (χ3n) is 4.34. The highest BCUT2D eigenvalue weighted by Crippen LogP contribution is 2.35. The Balaban J connectivity index is 1.87. The molecule has 8 nitrogen and oxygen atoms in total. The average molecular weight is 379 g/mol. The fourth-order valence-electron chi connectivity index (χ4n) is 3.02. The molecule has 4 rings (SSSR count). The Bertz CT molecular complexity index is 1180. The molecule has 0 bridgehead atoms. The van der Waals surface area contributed by atoms with Crippen molar-refractivity contribution >= 4 is 11.4 Å². The van der Waals surface area contributed by atoms with Crippen molar-refractivity contribution in [1.29, 1.82) is 0 Å². The van der Waals surface area contributed by atoms with Gasteiger partial charge in [-0.25, -0.2) is 9.36 Å². The molecular formula is C20H17N3O5. The van der Waals surface area contributed by atoms with Crippen LogP contribution in [-0.2, 0) is 0 Å². The van der Waals surface area contributed by atoms with Crippen LogP contribution in [0.1, 0.15) is 18.9 Å². The van der Waals surface area contributed by atoms with Gasteiger partial charge in [0, 0.05) is 6.07 Å². The molecule has 1 aromatic heterocycles. The monoisotopic (exact) mass is 379 g/mol. The summed E-state index contributed by atoms with van der Waals surface area (Å²) in [7, 11) is 0. The van der Waals surface area contributed by atoms with Crippen molar-refractivity contribution in [2.75, 3.05) is 6.79 Å². The molecule has 0 spiro atoms. The van der Waals surface area contributed by atoms with E-state index in [1.54, 1.807) is 48.5 Å². The van der Waals surface area contributed by atoms with Gasteiger partial charge in [0.25, 0.3) is 5.56 Å². The fraction of sp³-hybridized carbons (Fsp3) is 0.150. The Labute approximate surface area is 159 Å². The number of H-pyrrole nitrogens is 1. The Hall–Kier alpha value is -3.81. The predicted octanol–water partition coefficient (Wildman–Crippen LogP) is 2.49. The van der Waals surface area contributed by atoms with Gasteiger partial charge in [0.15, 0.2) is 11.5 Å². The summed E-state index contributed by atoms with van der Waals surface area (Å²) in [5, 5.41) is 10.8. The van der Waals surface area contributed by atoms with Crippen molar-refractivity contribution in [1.82, 2.24) is 9.55 Å². The molecular weight excluding hydrogens is 362 g/mol. The number of aliphatic imine (C=N–C) groups is 1. The molecule has 0 amide bonds. The second kappa shape index (κ2) is 7.07. The lowest BCUT2D eigenvalue weighted by atomic mass is 10.1. The standard InChI is InChI=1S/C20H17N3O5/c1-2-14(21-12-8-9-15-16(10-12)28-11-27-15)17-18(24)22-20(26)23(19(17)25)13-6-4-3-5-7-13/h3-10,25H,2,11H2,1H3,(H,22,24,26). The van der Waals surface area contributed by atoms with Gasteiger partial charge >= 0.3 is 5.69 Å². The molecule has 0 aliphatic carbocycles. The number of nitrogens with one attached hydrogen (secondary N) is 1. The van der Waals surface area contributed by atoms with Gasteiger partial charge in [-0.05, 0) is 30.7 Å². The van der Waals surface area contributed by atoms with Crippen LogP contribution in [0.2, 0.25) is 0 Å². The van der Waals surface area contributed by atoms with E-state index >= 15 is 0 Å². The van der Waals surface area contributed by atoms with Crippen molar-refractivity contribution in [2.24, 2.45) is 4.99 Å². The number of aromatic nitrogens is 2. The molecule has 1 aliphatic heterocycles. The Morgan fingerprint density at radius 1 is 1.14 bits per heavy atom. The summed E-state index contributed by atoms with van der Waals surface area (Å²) in [4.78, 5) is 31.5. The number of hydrogen-bond donors (Lipinski definition) is 2. The van der Waals surface area contributed by atoms with Crippen molar-refractivity contribution in [3.63, 3.8) is 0 Å². The van der Waals surface area contributed by atoms with Gasteiger partial charge < -0.3 is 14.6 Å². The molecule has 28 heavy (non-hydrogen) atoms. The molecule has 2 N–H and O–H groups in total. The molecule has 142 valence electrons. The van der Waals surface area contributed by atoms with Crippen LogP contribution in [0, 0.1) is 0 Å². The summed E-state index contributed by atoms with van der Waals surface area (Å²) in [5.74, 6) is 0.723. The minimum Gasteiger partial charge on any atom is -0.493 e. The van der Waals surface area contributed by atoms with Crippen LogP contribution in [-0.4, -0.2) is 27.2 Å². The smallest absolute Gasteiger partial charge is 0.335 e. The molecule has 3 aromatic rings. The fourth-order valence-corrected chi connectivity index (χ4v) is 3.02. The van der Waals surface area contributed by atoms with Crippen molar-refractivity contribution in [3.8, 4) is 23.1 Å². The first-order chi connectivity index (χ1) is 13.6. The van der Waals surface area contributed by atoms with E-state index in [0.29, 0.717) is 35.0 Å². The van der Waals surface area contributed by atoms with Gasteiger partial charge in [0.2, 0.25) is 12.7 Å². The summed E-state index contributed by atoms with van der Waals surface area (Å²) < 4.78 is 11.7. The highest BCUT2D eigenvalue weighted by molar-refractivity contribution is 6.03. The van der Waals surface area contributed by atoms with E-state index in [1.165, 1.54) is 0 Å². The number of hydrogen-bond acceptors (Lipinski definition) is 6. The van der Waals surface area contributed by atoms with Crippen LogP contribution in [0.5, 0.6) is 17.4 Å². The molecule has 0 unspecified atom stereocenters. The third kappa shape index (κ3) is 3.05. The van der Waals surface area contributed by atoms with E-state index in [4.69, 9.17) is 9.47 Å². The summed E-state index contributed by atoms with van der Waals surface area (Å²) in [6.45, 7) is 1.95. The zero-order chi connectivity index (χ0) is 19.7. The number of aromatic amines is 1. The molecule has 0 saturated heterocycles. The summed E-state index contributed by atoms with van der Waals surface area (Å²) in [5.41, 5.74) is -0.170. The van der Waals surface area contributed by atoms with Gasteiger partial charge in [-0.3, -0.25) is 14.8 Å². The number of para-hydroxylation sites is 1. The van der Waals surface area contributed by atoms with Crippen molar-refractivity contribution in [2.45, 2.75) is 13.3 Å². The average Bonchev–Trinajstić information content (AvgIpc) is 3.15. The minimum atomic E-state index is -0.726. The van der Waals surface area contributed by atoms with E-state index < -0.39 is 17.1 Å². The number of nitrogens with zero attached hydrogens (tertiary/aromatic N) is 2. The largest absolute Gasteiger partial charge is 0.493 e. The third-order valence-corrected chi connectivity index (χ3v) is 4.34. The zero-order valence-electron chi connectivity index (χ0n) is 15.0. The highest BCUT2D eigenvalue weighted by Gasteiger charge is 2.20. The molecule has 0 saturated carbocycles. The van der Waals surface area contributed by atoms with Crippen molar-refractivity contribution in [3.05, 3.63) is 74.9 Å². The molecule has 0 atom stereocenters. The Morgan fingerprint density at radius 2 is 1.89 bits per heavy atom.